The molecular formula is C19H26N2O5. The van der Waals surface area contributed by atoms with E-state index < -0.39 is 0 Å². The normalized spacial score (nSPS) is 28.3. The van der Waals surface area contributed by atoms with Gasteiger partial charge < -0.3 is 24.3 Å². The molecule has 0 saturated carbocycles. The van der Waals surface area contributed by atoms with Gasteiger partial charge in [-0.05, 0) is 30.5 Å². The molecule has 1 spiro atoms. The molecule has 0 aromatic heterocycles. The van der Waals surface area contributed by atoms with Crippen molar-refractivity contribution in [2.75, 3.05) is 39.6 Å². The highest BCUT2D eigenvalue weighted by Gasteiger charge is 2.43. The van der Waals surface area contributed by atoms with Crippen LogP contribution in [0.4, 0.5) is 0 Å². The number of ether oxygens (including phenoxy) is 4. The molecule has 0 aliphatic carbocycles. The van der Waals surface area contributed by atoms with Crippen LogP contribution in [0.3, 0.4) is 0 Å². The number of rotatable bonds is 4. The summed E-state index contributed by atoms with van der Waals surface area (Å²) in [6, 6.07) is 6.11. The van der Waals surface area contributed by atoms with Crippen LogP contribution in [0, 0.1) is 0 Å². The number of carbonyl (C=O) groups is 1. The molecule has 3 heterocycles. The number of hydrogen-bond acceptors (Lipinski definition) is 6. The molecule has 4 rings (SSSR count). The second-order valence-electron chi connectivity index (χ2n) is 7.35. The monoisotopic (exact) mass is 362 g/mol. The van der Waals surface area contributed by atoms with Crippen LogP contribution in [-0.4, -0.2) is 62.2 Å². The zero-order valence-electron chi connectivity index (χ0n) is 15.2. The molecule has 26 heavy (non-hydrogen) atoms. The summed E-state index contributed by atoms with van der Waals surface area (Å²) in [4.78, 5) is 13.5. The van der Waals surface area contributed by atoms with Crippen LogP contribution in [-0.2, 0) is 20.8 Å². The topological polar surface area (TPSA) is 69.3 Å². The smallest absolute Gasteiger partial charge is 0.231 e. The molecule has 3 aliphatic heterocycles. The van der Waals surface area contributed by atoms with Crippen molar-refractivity contribution in [3.05, 3.63) is 23.8 Å². The number of hydrogen-bond donors (Lipinski definition) is 1. The van der Waals surface area contributed by atoms with Gasteiger partial charge in [-0.25, -0.2) is 0 Å². The number of benzene rings is 1. The second kappa shape index (κ2) is 7.42. The summed E-state index contributed by atoms with van der Waals surface area (Å²) in [5.74, 6) is 1.61. The summed E-state index contributed by atoms with van der Waals surface area (Å²) < 4.78 is 23.1. The van der Waals surface area contributed by atoms with E-state index in [1.54, 1.807) is 0 Å². The highest BCUT2D eigenvalue weighted by Crippen LogP contribution is 2.35. The van der Waals surface area contributed by atoms with Crippen LogP contribution in [0.5, 0.6) is 11.5 Å². The maximum absolute atomic E-state index is 11.1. The van der Waals surface area contributed by atoms with Crippen molar-refractivity contribution in [3.8, 4) is 11.5 Å². The summed E-state index contributed by atoms with van der Waals surface area (Å²) in [5, 5.41) is 2.86. The lowest BCUT2D eigenvalue weighted by atomic mass is 9.99. The van der Waals surface area contributed by atoms with Crippen molar-refractivity contribution >= 4 is 5.91 Å². The Hall–Kier alpha value is -1.83. The lowest BCUT2D eigenvalue weighted by Gasteiger charge is -2.32. The van der Waals surface area contributed by atoms with Gasteiger partial charge in [-0.3, -0.25) is 9.69 Å². The van der Waals surface area contributed by atoms with Crippen LogP contribution >= 0.6 is 0 Å². The van der Waals surface area contributed by atoms with Gasteiger partial charge in [-0.15, -0.1) is 0 Å². The van der Waals surface area contributed by atoms with Crippen molar-refractivity contribution < 1.29 is 23.7 Å². The Bertz CT molecular complexity index is 667. The van der Waals surface area contributed by atoms with E-state index >= 15 is 0 Å². The van der Waals surface area contributed by atoms with Crippen molar-refractivity contribution in [1.29, 1.82) is 0 Å². The summed E-state index contributed by atoms with van der Waals surface area (Å²) in [6.07, 6.45) is 1.96. The van der Waals surface area contributed by atoms with Gasteiger partial charge in [0, 0.05) is 33.1 Å². The molecule has 142 valence electrons. The van der Waals surface area contributed by atoms with Gasteiger partial charge in [0.25, 0.3) is 0 Å². The van der Waals surface area contributed by atoms with E-state index in [1.807, 2.05) is 6.07 Å². The minimum absolute atomic E-state index is 0.0175. The lowest BCUT2D eigenvalue weighted by Crippen LogP contribution is -2.45. The van der Waals surface area contributed by atoms with Crippen molar-refractivity contribution in [2.45, 2.75) is 38.0 Å². The van der Waals surface area contributed by atoms with Gasteiger partial charge in [0.1, 0.15) is 5.60 Å². The highest BCUT2D eigenvalue weighted by molar-refractivity contribution is 5.72. The fourth-order valence-electron chi connectivity index (χ4n) is 3.94. The van der Waals surface area contributed by atoms with E-state index in [9.17, 15) is 4.79 Å². The Morgan fingerprint density at radius 3 is 3.12 bits per heavy atom. The number of nitrogens with one attached hydrogen (secondary N) is 1. The molecule has 1 amide bonds. The lowest BCUT2D eigenvalue weighted by molar-refractivity contribution is -0.121. The summed E-state index contributed by atoms with van der Waals surface area (Å²) in [5.41, 5.74) is 0.912. The average Bonchev–Trinajstić information content (AvgIpc) is 3.18. The van der Waals surface area contributed by atoms with E-state index in [0.717, 1.165) is 44.0 Å². The third-order valence-corrected chi connectivity index (χ3v) is 5.19. The average molecular weight is 362 g/mol. The van der Waals surface area contributed by atoms with Gasteiger partial charge in [0.15, 0.2) is 11.5 Å². The maximum atomic E-state index is 11.1. The van der Waals surface area contributed by atoms with Gasteiger partial charge in [0.05, 0.1) is 19.3 Å². The molecule has 0 radical (unpaired) electrons. The van der Waals surface area contributed by atoms with Crippen LogP contribution in [0.25, 0.3) is 0 Å². The van der Waals surface area contributed by atoms with Crippen LogP contribution in [0.2, 0.25) is 0 Å². The third-order valence-electron chi connectivity index (χ3n) is 5.19. The van der Waals surface area contributed by atoms with Crippen molar-refractivity contribution in [3.63, 3.8) is 0 Å². The second-order valence-corrected chi connectivity index (χ2v) is 7.35. The summed E-state index contributed by atoms with van der Waals surface area (Å²) in [7, 11) is 0. The van der Waals surface area contributed by atoms with E-state index in [2.05, 4.69) is 22.3 Å². The quantitative estimate of drug-likeness (QED) is 0.871. The van der Waals surface area contributed by atoms with Gasteiger partial charge in [-0.2, -0.15) is 0 Å². The number of nitrogens with zero attached hydrogens (tertiary/aromatic N) is 1. The molecule has 0 unspecified atom stereocenters. The van der Waals surface area contributed by atoms with E-state index in [4.69, 9.17) is 18.9 Å². The van der Waals surface area contributed by atoms with Crippen LogP contribution < -0.4 is 14.8 Å². The molecule has 0 bridgehead atoms. The summed E-state index contributed by atoms with van der Waals surface area (Å²) >= 11 is 0. The first-order valence-electron chi connectivity index (χ1n) is 9.23. The molecule has 3 aliphatic rings. The van der Waals surface area contributed by atoms with Gasteiger partial charge in [0.2, 0.25) is 12.7 Å². The Labute approximate surface area is 153 Å². The van der Waals surface area contributed by atoms with Gasteiger partial charge in [-0.1, -0.05) is 6.07 Å². The van der Waals surface area contributed by atoms with Crippen LogP contribution in [0.1, 0.15) is 25.3 Å². The Morgan fingerprint density at radius 1 is 1.35 bits per heavy atom. The molecule has 7 heteroatoms. The standard InChI is InChI=1S/C19H26N2O5/c1-14(22)20-9-16-4-5-19(26-16)11-21(6-7-23-12-19)10-15-2-3-17-18(8-15)25-13-24-17/h2-3,8,16H,4-7,9-13H2,1H3,(H,20,22)/t16-,19-/m0/s1. The predicted molar refractivity (Wildman–Crippen MR) is 94.2 cm³/mol. The third kappa shape index (κ3) is 3.95. The number of carbonyl (C=O) groups excluding carboxylic acids is 1. The Morgan fingerprint density at radius 2 is 2.23 bits per heavy atom. The SMILES string of the molecule is CC(=O)NC[C@@H]1CC[C@]2(COCCN(Cc3ccc4c(c3)OCO4)C2)O1. The molecule has 2 saturated heterocycles. The Kier molecular flexibility index (Phi) is 5.02. The van der Waals surface area contributed by atoms with Crippen molar-refractivity contribution in [1.82, 2.24) is 10.2 Å². The zero-order chi connectivity index (χ0) is 18.0. The molecule has 2 fully saturated rings. The van der Waals surface area contributed by atoms with E-state index in [0.29, 0.717) is 26.6 Å². The molecule has 1 N–H and O–H groups in total. The van der Waals surface area contributed by atoms with Crippen molar-refractivity contribution in [2.24, 2.45) is 0 Å². The van der Waals surface area contributed by atoms with E-state index in [-0.39, 0.29) is 17.6 Å². The number of fused-ring (bicyclic) bond motifs is 1. The minimum Gasteiger partial charge on any atom is -0.454 e. The van der Waals surface area contributed by atoms with E-state index in [1.165, 1.54) is 12.5 Å². The maximum Gasteiger partial charge on any atom is 0.231 e. The highest BCUT2D eigenvalue weighted by atomic mass is 16.7. The Balaban J connectivity index is 1.39. The molecule has 2 atom stereocenters. The molecule has 7 nitrogen and oxygen atoms in total. The minimum atomic E-state index is -0.282. The van der Waals surface area contributed by atoms with Gasteiger partial charge >= 0.3 is 0 Å². The fourth-order valence-corrected chi connectivity index (χ4v) is 3.94. The zero-order valence-corrected chi connectivity index (χ0v) is 15.2. The first kappa shape index (κ1) is 17.6. The summed E-state index contributed by atoms with van der Waals surface area (Å²) in [6.45, 7) is 6.23. The first-order valence-corrected chi connectivity index (χ1v) is 9.23. The van der Waals surface area contributed by atoms with Crippen LogP contribution in [0.15, 0.2) is 18.2 Å². The fraction of sp³-hybridized carbons (Fsp3) is 0.632. The molecular weight excluding hydrogens is 336 g/mol. The first-order chi connectivity index (χ1) is 12.6. The number of amides is 1. The molecule has 1 aromatic carbocycles. The molecule has 1 aromatic rings. The predicted octanol–water partition coefficient (Wildman–Crippen LogP) is 1.30. The largest absolute Gasteiger partial charge is 0.454 e.